The van der Waals surface area contributed by atoms with E-state index in [9.17, 15) is 0 Å². The van der Waals surface area contributed by atoms with Gasteiger partial charge in [-0.15, -0.1) is 10.2 Å². The zero-order chi connectivity index (χ0) is 11.8. The zero-order valence-corrected chi connectivity index (χ0v) is 9.88. The molecule has 0 unspecified atom stereocenters. The summed E-state index contributed by atoms with van der Waals surface area (Å²) < 4.78 is 2.09. The van der Waals surface area contributed by atoms with Gasteiger partial charge in [0.25, 0.3) is 0 Å². The summed E-state index contributed by atoms with van der Waals surface area (Å²) >= 11 is 0. The average Bonchev–Trinajstić information content (AvgIpc) is 2.74. The van der Waals surface area contributed by atoms with E-state index in [1.54, 1.807) is 0 Å². The molecule has 17 heavy (non-hydrogen) atoms. The summed E-state index contributed by atoms with van der Waals surface area (Å²) in [6.07, 6.45) is 0. The molecule has 1 aromatic carbocycles. The second kappa shape index (κ2) is 3.70. The van der Waals surface area contributed by atoms with Gasteiger partial charge >= 0.3 is 0 Å². The lowest BCUT2D eigenvalue weighted by molar-refractivity contribution is 1.07. The number of benzene rings is 1. The maximum Gasteiger partial charge on any atom is 0.168 e. The number of fused-ring (bicyclic) bond motifs is 1. The van der Waals surface area contributed by atoms with Gasteiger partial charge in [-0.3, -0.25) is 4.40 Å². The van der Waals surface area contributed by atoms with Gasteiger partial charge in [-0.05, 0) is 31.5 Å². The molecule has 2 heterocycles. The minimum absolute atomic E-state index is 0.901. The van der Waals surface area contributed by atoms with Crippen LogP contribution in [0.4, 0.5) is 0 Å². The van der Waals surface area contributed by atoms with Crippen LogP contribution in [-0.4, -0.2) is 14.6 Å². The maximum atomic E-state index is 4.28. The maximum absolute atomic E-state index is 4.28. The van der Waals surface area contributed by atoms with Crippen molar-refractivity contribution in [2.75, 3.05) is 0 Å². The normalized spacial score (nSPS) is 10.9. The Kier molecular flexibility index (Phi) is 2.18. The van der Waals surface area contributed by atoms with Gasteiger partial charge in [0, 0.05) is 11.3 Å². The summed E-state index contributed by atoms with van der Waals surface area (Å²) in [6.45, 7) is 4.15. The molecule has 0 aliphatic carbocycles. The molecule has 0 aliphatic rings. The molecule has 0 aliphatic heterocycles. The van der Waals surface area contributed by atoms with Crippen LogP contribution in [0.1, 0.15) is 11.3 Å². The minimum atomic E-state index is 0.901. The van der Waals surface area contributed by atoms with Gasteiger partial charge in [-0.25, -0.2) is 0 Å². The first-order valence-electron chi connectivity index (χ1n) is 5.63. The van der Waals surface area contributed by atoms with Gasteiger partial charge in [0.15, 0.2) is 11.5 Å². The van der Waals surface area contributed by atoms with Gasteiger partial charge < -0.3 is 0 Å². The Morgan fingerprint density at radius 1 is 0.941 bits per heavy atom. The van der Waals surface area contributed by atoms with Gasteiger partial charge in [0.2, 0.25) is 0 Å². The lowest BCUT2D eigenvalue weighted by atomic mass is 10.2. The Hall–Kier alpha value is -2.16. The number of hydrogen-bond acceptors (Lipinski definition) is 2. The Morgan fingerprint density at radius 3 is 2.47 bits per heavy atom. The van der Waals surface area contributed by atoms with E-state index in [4.69, 9.17) is 0 Å². The topological polar surface area (TPSA) is 30.2 Å². The van der Waals surface area contributed by atoms with Crippen LogP contribution in [0.25, 0.3) is 17.0 Å². The van der Waals surface area contributed by atoms with E-state index in [0.29, 0.717) is 0 Å². The van der Waals surface area contributed by atoms with Gasteiger partial charge in [-0.1, -0.05) is 30.3 Å². The third-order valence-corrected chi connectivity index (χ3v) is 2.87. The van der Waals surface area contributed by atoms with Crippen LogP contribution in [0.2, 0.25) is 0 Å². The third-order valence-electron chi connectivity index (χ3n) is 2.87. The summed E-state index contributed by atoms with van der Waals surface area (Å²) in [7, 11) is 0. The molecule has 0 fully saturated rings. The van der Waals surface area contributed by atoms with Crippen LogP contribution in [0, 0.1) is 13.8 Å². The largest absolute Gasteiger partial charge is 0.280 e. The number of aromatic nitrogens is 3. The molecule has 84 valence electrons. The number of pyridine rings is 1. The number of hydrogen-bond donors (Lipinski definition) is 0. The van der Waals surface area contributed by atoms with Crippen LogP contribution >= 0.6 is 0 Å². The highest BCUT2D eigenvalue weighted by Gasteiger charge is 2.09. The molecule has 3 rings (SSSR count). The van der Waals surface area contributed by atoms with Crippen molar-refractivity contribution in [3.05, 3.63) is 53.7 Å². The van der Waals surface area contributed by atoms with Crippen molar-refractivity contribution in [1.82, 2.24) is 14.6 Å². The standard InChI is InChI=1S/C14H13N3/c1-10-8-11(2)17-13(9-10)15-16-14(17)12-6-4-3-5-7-12/h3-9H,1-2H3. The Morgan fingerprint density at radius 2 is 1.71 bits per heavy atom. The molecule has 0 bridgehead atoms. The first-order chi connectivity index (χ1) is 8.25. The SMILES string of the molecule is Cc1cc(C)n2c(-c3ccccc3)nnc2c1. The van der Waals surface area contributed by atoms with Crippen molar-refractivity contribution in [2.24, 2.45) is 0 Å². The van der Waals surface area contributed by atoms with Crippen LogP contribution in [0.5, 0.6) is 0 Å². The highest BCUT2D eigenvalue weighted by Crippen LogP contribution is 2.20. The molecule has 0 saturated carbocycles. The van der Waals surface area contributed by atoms with Crippen molar-refractivity contribution >= 4 is 5.65 Å². The number of rotatable bonds is 1. The summed E-state index contributed by atoms with van der Waals surface area (Å²) in [6, 6.07) is 14.3. The van der Waals surface area contributed by atoms with E-state index in [0.717, 1.165) is 22.7 Å². The molecule has 2 aromatic heterocycles. The summed E-state index contributed by atoms with van der Waals surface area (Å²) in [5.41, 5.74) is 4.36. The fraction of sp³-hybridized carbons (Fsp3) is 0.143. The summed E-state index contributed by atoms with van der Waals surface area (Å²) in [5, 5.41) is 8.51. The highest BCUT2D eigenvalue weighted by atomic mass is 15.2. The Bertz CT molecular complexity index is 669. The first kappa shape index (κ1) is 10.0. The van der Waals surface area contributed by atoms with Crippen molar-refractivity contribution in [1.29, 1.82) is 0 Å². The van der Waals surface area contributed by atoms with Crippen molar-refractivity contribution in [3.8, 4) is 11.4 Å². The zero-order valence-electron chi connectivity index (χ0n) is 9.88. The molecule has 3 heteroatoms. The average molecular weight is 223 g/mol. The monoisotopic (exact) mass is 223 g/mol. The summed E-state index contributed by atoms with van der Waals surface area (Å²) in [5.74, 6) is 0.901. The highest BCUT2D eigenvalue weighted by molar-refractivity contribution is 5.60. The third kappa shape index (κ3) is 1.60. The van der Waals surface area contributed by atoms with Gasteiger partial charge in [0.1, 0.15) is 0 Å². The molecule has 0 radical (unpaired) electrons. The molecular weight excluding hydrogens is 210 g/mol. The van der Waals surface area contributed by atoms with Crippen molar-refractivity contribution < 1.29 is 0 Å². The predicted octanol–water partition coefficient (Wildman–Crippen LogP) is 3.01. The molecule has 0 atom stereocenters. The predicted molar refractivity (Wildman–Crippen MR) is 67.9 cm³/mol. The lowest BCUT2D eigenvalue weighted by Gasteiger charge is -2.04. The van der Waals surface area contributed by atoms with E-state index >= 15 is 0 Å². The molecule has 0 amide bonds. The van der Waals surface area contributed by atoms with Crippen LogP contribution < -0.4 is 0 Å². The molecule has 0 spiro atoms. The molecular formula is C14H13N3. The van der Waals surface area contributed by atoms with E-state index < -0.39 is 0 Å². The van der Waals surface area contributed by atoms with Crippen molar-refractivity contribution in [3.63, 3.8) is 0 Å². The molecule has 0 saturated heterocycles. The molecule has 3 aromatic rings. The summed E-state index contributed by atoms with van der Waals surface area (Å²) in [4.78, 5) is 0. The molecule has 0 N–H and O–H groups in total. The van der Waals surface area contributed by atoms with Crippen molar-refractivity contribution in [2.45, 2.75) is 13.8 Å². The Balaban J connectivity index is 2.32. The van der Waals surface area contributed by atoms with Crippen LogP contribution in [0.3, 0.4) is 0 Å². The smallest absolute Gasteiger partial charge is 0.168 e. The van der Waals surface area contributed by atoms with E-state index in [2.05, 4.69) is 46.6 Å². The van der Waals surface area contributed by atoms with E-state index in [1.807, 2.05) is 24.3 Å². The van der Waals surface area contributed by atoms with Crippen LogP contribution in [-0.2, 0) is 0 Å². The fourth-order valence-corrected chi connectivity index (χ4v) is 2.15. The van der Waals surface area contributed by atoms with Gasteiger partial charge in [0.05, 0.1) is 0 Å². The second-order valence-corrected chi connectivity index (χ2v) is 4.26. The minimum Gasteiger partial charge on any atom is -0.280 e. The lowest BCUT2D eigenvalue weighted by Crippen LogP contribution is -1.95. The first-order valence-corrected chi connectivity index (χ1v) is 5.63. The quantitative estimate of drug-likeness (QED) is 0.634. The number of aryl methyl sites for hydroxylation is 2. The Labute approximate surface area is 99.7 Å². The molecule has 3 nitrogen and oxygen atoms in total. The van der Waals surface area contributed by atoms with E-state index in [-0.39, 0.29) is 0 Å². The van der Waals surface area contributed by atoms with Crippen LogP contribution in [0.15, 0.2) is 42.5 Å². The van der Waals surface area contributed by atoms with Gasteiger partial charge in [-0.2, -0.15) is 0 Å². The second-order valence-electron chi connectivity index (χ2n) is 4.26. The van der Waals surface area contributed by atoms with E-state index in [1.165, 1.54) is 5.56 Å². The fourth-order valence-electron chi connectivity index (χ4n) is 2.15. The number of nitrogens with zero attached hydrogens (tertiary/aromatic N) is 3.